The van der Waals surface area contributed by atoms with E-state index in [0.29, 0.717) is 11.7 Å². The largest absolute Gasteiger partial charge is 0.500 e. The maximum absolute atomic E-state index is 12.4. The number of hydrogen-bond donors (Lipinski definition) is 0. The second-order valence-corrected chi connectivity index (χ2v) is 6.97. The van der Waals surface area contributed by atoms with Crippen LogP contribution in [-0.4, -0.2) is 23.1 Å². The molecule has 3 rings (SSSR count). The first-order chi connectivity index (χ1) is 11.8. The molecule has 1 aromatic heterocycles. The highest BCUT2D eigenvalue weighted by molar-refractivity contribution is 8.03. The zero-order valence-electron chi connectivity index (χ0n) is 13.7. The average molecular weight is 339 g/mol. The Kier molecular flexibility index (Phi) is 5.70. The van der Waals surface area contributed by atoms with E-state index in [1.54, 1.807) is 18.9 Å². The van der Waals surface area contributed by atoms with Crippen molar-refractivity contribution in [1.82, 2.24) is 4.98 Å². The number of pyridine rings is 1. The van der Waals surface area contributed by atoms with Crippen LogP contribution in [0, 0.1) is 5.92 Å². The van der Waals surface area contributed by atoms with E-state index in [2.05, 4.69) is 16.5 Å². The van der Waals surface area contributed by atoms with Gasteiger partial charge in [-0.3, -0.25) is 9.78 Å². The van der Waals surface area contributed by atoms with Crippen LogP contribution in [0.1, 0.15) is 28.9 Å². The van der Waals surface area contributed by atoms with Crippen LogP contribution in [0.4, 0.5) is 0 Å². The van der Waals surface area contributed by atoms with Gasteiger partial charge < -0.3 is 4.74 Å². The molecule has 2 unspecified atom stereocenters. The summed E-state index contributed by atoms with van der Waals surface area (Å²) in [7, 11) is 1.71. The summed E-state index contributed by atoms with van der Waals surface area (Å²) in [5.74, 6) is 1.44. The molecule has 0 saturated carbocycles. The smallest absolute Gasteiger partial charge is 0.162 e. The van der Waals surface area contributed by atoms with Gasteiger partial charge in [-0.2, -0.15) is 0 Å². The van der Waals surface area contributed by atoms with Crippen LogP contribution in [-0.2, 0) is 11.2 Å². The third-order valence-electron chi connectivity index (χ3n) is 4.32. The van der Waals surface area contributed by atoms with Crippen molar-refractivity contribution in [3.63, 3.8) is 0 Å². The maximum atomic E-state index is 12.4. The summed E-state index contributed by atoms with van der Waals surface area (Å²) in [4.78, 5) is 16.8. The summed E-state index contributed by atoms with van der Waals surface area (Å²) in [5, 5.41) is 2.46. The van der Waals surface area contributed by atoms with Crippen LogP contribution in [0.2, 0.25) is 0 Å². The SMILES string of the molecule is COC1=CSC(Cc2ccccn2)C1CCC(=O)c1ccccc1. The van der Waals surface area contributed by atoms with Gasteiger partial charge in [0.25, 0.3) is 0 Å². The molecule has 0 saturated heterocycles. The molecule has 3 nitrogen and oxygen atoms in total. The monoisotopic (exact) mass is 339 g/mol. The number of nitrogens with zero attached hydrogens (tertiary/aromatic N) is 1. The Morgan fingerprint density at radius 2 is 1.96 bits per heavy atom. The molecule has 0 radical (unpaired) electrons. The van der Waals surface area contributed by atoms with Gasteiger partial charge in [0.1, 0.15) is 5.76 Å². The first-order valence-electron chi connectivity index (χ1n) is 8.15. The minimum absolute atomic E-state index is 0.194. The standard InChI is InChI=1S/C20H21NO2S/c1-23-19-14-24-20(13-16-9-5-6-12-21-16)17(19)10-11-18(22)15-7-3-2-4-8-15/h2-9,12,14,17,20H,10-11,13H2,1H3. The lowest BCUT2D eigenvalue weighted by Gasteiger charge is -2.21. The number of rotatable bonds is 7. The summed E-state index contributed by atoms with van der Waals surface area (Å²) in [5.41, 5.74) is 1.87. The molecule has 0 spiro atoms. The Balaban J connectivity index is 1.64. The lowest BCUT2D eigenvalue weighted by atomic mass is 9.92. The summed E-state index contributed by atoms with van der Waals surface area (Å²) < 4.78 is 5.54. The minimum Gasteiger partial charge on any atom is -0.500 e. The normalized spacial score (nSPS) is 19.8. The molecule has 2 heterocycles. The molecule has 124 valence electrons. The third-order valence-corrected chi connectivity index (χ3v) is 5.54. The highest BCUT2D eigenvalue weighted by atomic mass is 32.2. The van der Waals surface area contributed by atoms with Crippen LogP contribution < -0.4 is 0 Å². The molecule has 1 aliphatic rings. The number of methoxy groups -OCH3 is 1. The molecule has 2 atom stereocenters. The molecule has 0 N–H and O–H groups in total. The molecule has 1 aromatic carbocycles. The predicted octanol–water partition coefficient (Wildman–Crippen LogP) is 4.51. The summed E-state index contributed by atoms with van der Waals surface area (Å²) in [6.07, 6.45) is 4.05. The number of carbonyl (C=O) groups excluding carboxylic acids is 1. The van der Waals surface area contributed by atoms with E-state index >= 15 is 0 Å². The van der Waals surface area contributed by atoms with Gasteiger partial charge in [0.2, 0.25) is 0 Å². The molecule has 0 bridgehead atoms. The minimum atomic E-state index is 0.194. The quantitative estimate of drug-likeness (QED) is 0.696. The van der Waals surface area contributed by atoms with Gasteiger partial charge in [-0.15, -0.1) is 11.8 Å². The van der Waals surface area contributed by atoms with Crippen molar-refractivity contribution in [2.45, 2.75) is 24.5 Å². The van der Waals surface area contributed by atoms with Crippen molar-refractivity contribution < 1.29 is 9.53 Å². The first-order valence-corrected chi connectivity index (χ1v) is 9.10. The second-order valence-electron chi connectivity index (χ2n) is 5.86. The van der Waals surface area contributed by atoms with Gasteiger partial charge >= 0.3 is 0 Å². The fourth-order valence-corrected chi connectivity index (χ4v) is 4.32. The van der Waals surface area contributed by atoms with Crippen LogP contribution >= 0.6 is 11.8 Å². The van der Waals surface area contributed by atoms with Crippen molar-refractivity contribution in [2.24, 2.45) is 5.92 Å². The van der Waals surface area contributed by atoms with Gasteiger partial charge in [0.05, 0.1) is 7.11 Å². The van der Waals surface area contributed by atoms with Crippen LogP contribution in [0.25, 0.3) is 0 Å². The Labute approximate surface area is 147 Å². The lowest BCUT2D eigenvalue weighted by Crippen LogP contribution is -2.20. The van der Waals surface area contributed by atoms with Crippen molar-refractivity contribution in [2.75, 3.05) is 7.11 Å². The number of benzene rings is 1. The average Bonchev–Trinajstić information content (AvgIpc) is 3.03. The lowest BCUT2D eigenvalue weighted by molar-refractivity contribution is 0.0971. The third kappa shape index (κ3) is 4.06. The van der Waals surface area contributed by atoms with Gasteiger partial charge in [-0.25, -0.2) is 0 Å². The van der Waals surface area contributed by atoms with E-state index in [0.717, 1.165) is 29.9 Å². The van der Waals surface area contributed by atoms with Crippen molar-refractivity contribution in [3.8, 4) is 0 Å². The predicted molar refractivity (Wildman–Crippen MR) is 97.9 cm³/mol. The molecule has 1 aliphatic heterocycles. The van der Waals surface area contributed by atoms with E-state index in [1.165, 1.54) is 0 Å². The zero-order chi connectivity index (χ0) is 16.8. The Morgan fingerprint density at radius 1 is 1.17 bits per heavy atom. The topological polar surface area (TPSA) is 39.2 Å². The van der Waals surface area contributed by atoms with Gasteiger partial charge in [0.15, 0.2) is 5.78 Å². The Bertz CT molecular complexity index is 700. The molecule has 0 aliphatic carbocycles. The fourth-order valence-electron chi connectivity index (χ4n) is 3.02. The van der Waals surface area contributed by atoms with Crippen molar-refractivity contribution in [1.29, 1.82) is 0 Å². The highest BCUT2D eigenvalue weighted by Gasteiger charge is 2.32. The van der Waals surface area contributed by atoms with Crippen LogP contribution in [0.5, 0.6) is 0 Å². The molecule has 0 amide bonds. The number of hydrogen-bond acceptors (Lipinski definition) is 4. The summed E-state index contributed by atoms with van der Waals surface area (Å²) in [6, 6.07) is 15.5. The van der Waals surface area contributed by atoms with Gasteiger partial charge in [-0.05, 0) is 18.6 Å². The van der Waals surface area contributed by atoms with Crippen LogP contribution in [0.3, 0.4) is 0 Å². The summed E-state index contributed by atoms with van der Waals surface area (Å²) >= 11 is 1.79. The Morgan fingerprint density at radius 3 is 2.67 bits per heavy atom. The van der Waals surface area contributed by atoms with Crippen LogP contribution in [0.15, 0.2) is 65.9 Å². The summed E-state index contributed by atoms with van der Waals surface area (Å²) in [6.45, 7) is 0. The van der Waals surface area contributed by atoms with E-state index < -0.39 is 0 Å². The Hall–Kier alpha value is -2.07. The number of carbonyl (C=O) groups is 1. The number of ether oxygens (including phenoxy) is 1. The molecular formula is C20H21NO2S. The van der Waals surface area contributed by atoms with E-state index in [9.17, 15) is 4.79 Å². The van der Waals surface area contributed by atoms with E-state index in [4.69, 9.17) is 4.74 Å². The first kappa shape index (κ1) is 16.8. The maximum Gasteiger partial charge on any atom is 0.162 e. The number of Topliss-reactive ketones (excluding diaryl/α,β-unsaturated/α-hetero) is 1. The highest BCUT2D eigenvalue weighted by Crippen LogP contribution is 2.40. The zero-order valence-corrected chi connectivity index (χ0v) is 14.5. The fraction of sp³-hybridized carbons (Fsp3) is 0.300. The molecule has 0 fully saturated rings. The number of aromatic nitrogens is 1. The molecular weight excluding hydrogens is 318 g/mol. The molecule has 24 heavy (non-hydrogen) atoms. The van der Waals surface area contributed by atoms with Crippen molar-refractivity contribution >= 4 is 17.5 Å². The van der Waals surface area contributed by atoms with Gasteiger partial charge in [-0.1, -0.05) is 36.4 Å². The van der Waals surface area contributed by atoms with E-state index in [-0.39, 0.29) is 11.7 Å². The van der Waals surface area contributed by atoms with Crippen molar-refractivity contribution in [3.05, 3.63) is 77.2 Å². The number of thioether (sulfide) groups is 1. The van der Waals surface area contributed by atoms with E-state index in [1.807, 2.05) is 48.7 Å². The molecule has 2 aromatic rings. The van der Waals surface area contributed by atoms with Gasteiger partial charge in [0, 0.05) is 46.9 Å². The number of ketones is 1. The number of allylic oxidation sites excluding steroid dienone is 1. The molecule has 4 heteroatoms. The second kappa shape index (κ2) is 8.15.